The lowest BCUT2D eigenvalue weighted by Crippen LogP contribution is -2.23. The van der Waals surface area contributed by atoms with Gasteiger partial charge in [0.2, 0.25) is 11.3 Å². The van der Waals surface area contributed by atoms with Gasteiger partial charge in [-0.3, -0.25) is 9.59 Å². The van der Waals surface area contributed by atoms with Crippen molar-refractivity contribution in [3.05, 3.63) is 119 Å². The van der Waals surface area contributed by atoms with Crippen LogP contribution < -0.4 is 25.0 Å². The predicted octanol–water partition coefficient (Wildman–Crippen LogP) is 6.00. The van der Waals surface area contributed by atoms with E-state index >= 15 is 0 Å². The van der Waals surface area contributed by atoms with Crippen molar-refractivity contribution in [1.82, 2.24) is 14.5 Å². The molecule has 0 spiro atoms. The summed E-state index contributed by atoms with van der Waals surface area (Å²) in [6.45, 7) is 0. The summed E-state index contributed by atoms with van der Waals surface area (Å²) in [4.78, 5) is 35.1. The standard InChI is InChI=1S/C32H24N4O5/c1-39-28-16-24-26(17-29(28)40-2)33-19-34-32(24)41-22-14-12-20(13-15-22)35-31(38)25-18-36(21-8-4-3-5-9-21)27-11-7-6-10-23(27)30(25)37/h3-19H,1-2H3,(H,35,38). The summed E-state index contributed by atoms with van der Waals surface area (Å²) in [5.74, 6) is 1.40. The third kappa shape index (κ3) is 4.92. The van der Waals surface area contributed by atoms with Gasteiger partial charge in [-0.2, -0.15) is 0 Å². The Hall–Kier alpha value is -5.70. The van der Waals surface area contributed by atoms with Gasteiger partial charge in [-0.25, -0.2) is 9.97 Å². The molecule has 9 nitrogen and oxygen atoms in total. The first-order valence-electron chi connectivity index (χ1n) is 12.7. The van der Waals surface area contributed by atoms with E-state index < -0.39 is 5.91 Å². The lowest BCUT2D eigenvalue weighted by Gasteiger charge is -2.14. The van der Waals surface area contributed by atoms with Crippen LogP contribution in [0.2, 0.25) is 0 Å². The predicted molar refractivity (Wildman–Crippen MR) is 157 cm³/mol. The highest BCUT2D eigenvalue weighted by Gasteiger charge is 2.17. The quantitative estimate of drug-likeness (QED) is 0.263. The molecule has 6 aromatic rings. The van der Waals surface area contributed by atoms with Crippen LogP contribution in [0.4, 0.5) is 5.69 Å². The summed E-state index contributed by atoms with van der Waals surface area (Å²) in [6, 6.07) is 27.1. The van der Waals surface area contributed by atoms with Gasteiger partial charge >= 0.3 is 0 Å². The molecule has 0 saturated heterocycles. The summed E-state index contributed by atoms with van der Waals surface area (Å²) in [5.41, 5.74) is 2.38. The number of fused-ring (bicyclic) bond motifs is 2. The third-order valence-electron chi connectivity index (χ3n) is 6.62. The maximum Gasteiger partial charge on any atom is 0.261 e. The second kappa shape index (κ2) is 10.8. The number of pyridine rings is 1. The molecule has 6 rings (SSSR count). The van der Waals surface area contributed by atoms with Crippen LogP contribution in [0.25, 0.3) is 27.5 Å². The smallest absolute Gasteiger partial charge is 0.261 e. The summed E-state index contributed by atoms with van der Waals surface area (Å²) in [7, 11) is 3.11. The molecule has 202 valence electrons. The lowest BCUT2D eigenvalue weighted by molar-refractivity contribution is 0.102. The van der Waals surface area contributed by atoms with Gasteiger partial charge in [0.15, 0.2) is 11.5 Å². The minimum atomic E-state index is -0.512. The van der Waals surface area contributed by atoms with E-state index in [1.54, 1.807) is 68.9 Å². The summed E-state index contributed by atoms with van der Waals surface area (Å²) >= 11 is 0. The van der Waals surface area contributed by atoms with Crippen LogP contribution in [0.15, 0.2) is 108 Å². The van der Waals surface area contributed by atoms with E-state index in [0.717, 1.165) is 11.2 Å². The molecule has 1 amide bonds. The fourth-order valence-electron chi connectivity index (χ4n) is 4.60. The van der Waals surface area contributed by atoms with E-state index in [1.807, 2.05) is 47.0 Å². The number of nitrogens with zero attached hydrogens (tertiary/aromatic N) is 3. The van der Waals surface area contributed by atoms with Crippen molar-refractivity contribution < 1.29 is 19.0 Å². The molecule has 4 aromatic carbocycles. The Morgan fingerprint density at radius 3 is 2.27 bits per heavy atom. The van der Waals surface area contributed by atoms with E-state index in [9.17, 15) is 9.59 Å². The zero-order chi connectivity index (χ0) is 28.3. The van der Waals surface area contributed by atoms with Crippen LogP contribution in [0.5, 0.6) is 23.1 Å². The Balaban J connectivity index is 1.27. The van der Waals surface area contributed by atoms with E-state index in [-0.39, 0.29) is 11.0 Å². The number of carbonyl (C=O) groups excluding carboxylic acids is 1. The second-order valence-corrected chi connectivity index (χ2v) is 9.08. The number of rotatable bonds is 7. The van der Waals surface area contributed by atoms with Crippen molar-refractivity contribution in [1.29, 1.82) is 0 Å². The zero-order valence-electron chi connectivity index (χ0n) is 22.2. The Morgan fingerprint density at radius 2 is 1.51 bits per heavy atom. The number of aromatic nitrogens is 3. The molecule has 0 atom stereocenters. The Morgan fingerprint density at radius 1 is 0.805 bits per heavy atom. The lowest BCUT2D eigenvalue weighted by atomic mass is 10.1. The SMILES string of the molecule is COc1cc2ncnc(Oc3ccc(NC(=O)c4cn(-c5ccccc5)c5ccccc5c4=O)cc3)c2cc1OC. The molecule has 0 fully saturated rings. The van der Waals surface area contributed by atoms with Crippen molar-refractivity contribution in [2.45, 2.75) is 0 Å². The van der Waals surface area contributed by atoms with Crippen LogP contribution in [-0.4, -0.2) is 34.7 Å². The number of ether oxygens (including phenoxy) is 3. The third-order valence-corrected chi connectivity index (χ3v) is 6.62. The number of nitrogens with one attached hydrogen (secondary N) is 1. The number of amides is 1. The number of methoxy groups -OCH3 is 2. The number of carbonyl (C=O) groups is 1. The van der Waals surface area contributed by atoms with Crippen molar-refractivity contribution in [2.75, 3.05) is 19.5 Å². The first kappa shape index (κ1) is 25.6. The molecule has 0 unspecified atom stereocenters. The largest absolute Gasteiger partial charge is 0.493 e. The molecule has 1 N–H and O–H groups in total. The number of benzene rings is 4. The van der Waals surface area contributed by atoms with E-state index in [4.69, 9.17) is 14.2 Å². The Kier molecular flexibility index (Phi) is 6.75. The van der Waals surface area contributed by atoms with Gasteiger partial charge in [0, 0.05) is 29.0 Å². The fourth-order valence-corrected chi connectivity index (χ4v) is 4.60. The minimum Gasteiger partial charge on any atom is -0.493 e. The van der Waals surface area contributed by atoms with Crippen molar-refractivity contribution in [3.8, 4) is 28.8 Å². The summed E-state index contributed by atoms with van der Waals surface area (Å²) in [6.07, 6.45) is 2.99. The van der Waals surface area contributed by atoms with Gasteiger partial charge in [0.1, 0.15) is 17.6 Å². The topological polar surface area (TPSA) is 105 Å². The molecule has 41 heavy (non-hydrogen) atoms. The van der Waals surface area contributed by atoms with Gasteiger partial charge in [-0.15, -0.1) is 0 Å². The molecular formula is C32H24N4O5. The molecule has 0 aliphatic heterocycles. The van der Waals surface area contributed by atoms with Gasteiger partial charge in [0.25, 0.3) is 5.91 Å². The molecular weight excluding hydrogens is 520 g/mol. The highest BCUT2D eigenvalue weighted by molar-refractivity contribution is 6.06. The maximum absolute atomic E-state index is 13.3. The van der Waals surface area contributed by atoms with Crippen LogP contribution >= 0.6 is 0 Å². The molecule has 2 heterocycles. The number of para-hydroxylation sites is 2. The number of anilines is 1. The van der Waals surface area contributed by atoms with Crippen LogP contribution in [0, 0.1) is 0 Å². The zero-order valence-corrected chi connectivity index (χ0v) is 22.2. The van der Waals surface area contributed by atoms with Gasteiger partial charge in [-0.05, 0) is 54.6 Å². The number of hydrogen-bond donors (Lipinski definition) is 1. The van der Waals surface area contributed by atoms with Crippen molar-refractivity contribution in [2.24, 2.45) is 0 Å². The molecule has 0 saturated carbocycles. The maximum atomic E-state index is 13.3. The van der Waals surface area contributed by atoms with Gasteiger partial charge in [0.05, 0.1) is 30.6 Å². The molecule has 9 heteroatoms. The molecule has 0 aliphatic rings. The summed E-state index contributed by atoms with van der Waals surface area (Å²) in [5, 5.41) is 3.93. The van der Waals surface area contributed by atoms with Crippen LogP contribution in [0.1, 0.15) is 10.4 Å². The van der Waals surface area contributed by atoms with E-state index in [2.05, 4.69) is 15.3 Å². The number of hydrogen-bond acceptors (Lipinski definition) is 7. The highest BCUT2D eigenvalue weighted by atomic mass is 16.5. The van der Waals surface area contributed by atoms with Gasteiger partial charge in [-0.1, -0.05) is 30.3 Å². The normalized spacial score (nSPS) is 10.9. The van der Waals surface area contributed by atoms with Crippen LogP contribution in [0.3, 0.4) is 0 Å². The monoisotopic (exact) mass is 544 g/mol. The fraction of sp³-hybridized carbons (Fsp3) is 0.0625. The average molecular weight is 545 g/mol. The molecule has 2 aromatic heterocycles. The Bertz CT molecular complexity index is 1950. The minimum absolute atomic E-state index is 0.0321. The first-order chi connectivity index (χ1) is 20.1. The van der Waals surface area contributed by atoms with E-state index in [0.29, 0.717) is 45.1 Å². The van der Waals surface area contributed by atoms with Crippen molar-refractivity contribution in [3.63, 3.8) is 0 Å². The molecule has 0 aliphatic carbocycles. The molecule has 0 bridgehead atoms. The second-order valence-electron chi connectivity index (χ2n) is 9.08. The first-order valence-corrected chi connectivity index (χ1v) is 12.7. The average Bonchev–Trinajstić information content (AvgIpc) is 3.02. The van der Waals surface area contributed by atoms with Crippen molar-refractivity contribution >= 4 is 33.4 Å². The van der Waals surface area contributed by atoms with Crippen LogP contribution in [-0.2, 0) is 0 Å². The highest BCUT2D eigenvalue weighted by Crippen LogP contribution is 2.36. The Labute approximate surface area is 234 Å². The summed E-state index contributed by atoms with van der Waals surface area (Å²) < 4.78 is 18.6. The molecule has 0 radical (unpaired) electrons. The van der Waals surface area contributed by atoms with E-state index in [1.165, 1.54) is 6.33 Å². The van der Waals surface area contributed by atoms with Gasteiger partial charge < -0.3 is 24.1 Å².